The Morgan fingerprint density at radius 3 is 2.41 bits per heavy atom. The molecule has 0 radical (unpaired) electrons. The minimum Gasteiger partial charge on any atom is -0.458 e. The summed E-state index contributed by atoms with van der Waals surface area (Å²) in [4.78, 5) is 24.4. The molecule has 0 amide bonds. The highest BCUT2D eigenvalue weighted by molar-refractivity contribution is 9.09. The molecule has 3 aromatic rings. The lowest BCUT2D eigenvalue weighted by Crippen LogP contribution is -2.41. The van der Waals surface area contributed by atoms with Crippen LogP contribution in [0, 0.1) is 5.82 Å². The van der Waals surface area contributed by atoms with Crippen LogP contribution in [0.1, 0.15) is 23.2 Å². The summed E-state index contributed by atoms with van der Waals surface area (Å²) in [5.74, 6) is -0.759. The summed E-state index contributed by atoms with van der Waals surface area (Å²) < 4.78 is 59.6. The predicted octanol–water partition coefficient (Wildman–Crippen LogP) is 4.55. The van der Waals surface area contributed by atoms with Gasteiger partial charge in [-0.15, -0.1) is 0 Å². The summed E-state index contributed by atoms with van der Waals surface area (Å²) >= 11 is 9.27. The Morgan fingerprint density at radius 1 is 1.22 bits per heavy atom. The normalized spacial score (nSPS) is 13.3. The predicted molar refractivity (Wildman–Crippen MR) is 94.4 cm³/mol. The molecule has 1 aromatic carbocycles. The van der Waals surface area contributed by atoms with Gasteiger partial charge in [-0.3, -0.25) is 9.36 Å². The molecule has 0 aliphatic heterocycles. The van der Waals surface area contributed by atoms with Crippen molar-refractivity contribution >= 4 is 38.5 Å². The van der Waals surface area contributed by atoms with E-state index in [2.05, 4.69) is 15.9 Å². The van der Waals surface area contributed by atoms with E-state index < -0.39 is 34.6 Å². The molecule has 0 bridgehead atoms. The molecule has 27 heavy (non-hydrogen) atoms. The Balaban J connectivity index is 2.45. The highest BCUT2D eigenvalue weighted by atomic mass is 79.9. The van der Waals surface area contributed by atoms with Crippen LogP contribution in [0.2, 0.25) is 5.02 Å². The number of rotatable bonds is 2. The lowest BCUT2D eigenvalue weighted by atomic mass is 10.2. The summed E-state index contributed by atoms with van der Waals surface area (Å²) in [5.41, 5.74) is -5.00. The van der Waals surface area contributed by atoms with Crippen LogP contribution in [0.4, 0.5) is 17.6 Å². The van der Waals surface area contributed by atoms with Crippen LogP contribution < -0.4 is 11.2 Å². The van der Waals surface area contributed by atoms with Gasteiger partial charge in [0.2, 0.25) is 0 Å². The van der Waals surface area contributed by atoms with E-state index in [4.69, 9.17) is 16.0 Å². The largest absolute Gasteiger partial charge is 0.458 e. The monoisotopic (exact) mass is 468 g/mol. The molecular formula is C16H10BrClF4N2O3. The minimum absolute atomic E-state index is 0.0359. The van der Waals surface area contributed by atoms with Crippen LogP contribution in [0.5, 0.6) is 0 Å². The van der Waals surface area contributed by atoms with Crippen LogP contribution in [0.15, 0.2) is 32.2 Å². The molecule has 144 valence electrons. The third kappa shape index (κ3) is 3.20. The molecule has 3 rings (SSSR count). The fourth-order valence-electron chi connectivity index (χ4n) is 2.64. The van der Waals surface area contributed by atoms with E-state index in [1.807, 2.05) is 0 Å². The van der Waals surface area contributed by atoms with Crippen molar-refractivity contribution in [3.8, 4) is 5.69 Å². The van der Waals surface area contributed by atoms with E-state index in [0.29, 0.717) is 5.76 Å². The van der Waals surface area contributed by atoms with Gasteiger partial charge in [-0.2, -0.15) is 13.2 Å². The molecule has 0 N–H and O–H groups in total. The highest BCUT2D eigenvalue weighted by Gasteiger charge is 2.35. The van der Waals surface area contributed by atoms with E-state index in [0.717, 1.165) is 13.1 Å². The van der Waals surface area contributed by atoms with E-state index in [9.17, 15) is 27.2 Å². The Kier molecular flexibility index (Phi) is 4.75. The van der Waals surface area contributed by atoms with Crippen molar-refractivity contribution < 1.29 is 22.0 Å². The van der Waals surface area contributed by atoms with Gasteiger partial charge in [0, 0.05) is 18.5 Å². The van der Waals surface area contributed by atoms with Gasteiger partial charge in [-0.1, -0.05) is 27.5 Å². The van der Waals surface area contributed by atoms with Gasteiger partial charge >= 0.3 is 11.9 Å². The number of aromatic nitrogens is 2. The molecule has 0 saturated heterocycles. The second kappa shape index (κ2) is 6.52. The fraction of sp³-hybridized carbons (Fsp3) is 0.250. The Morgan fingerprint density at radius 2 is 1.85 bits per heavy atom. The minimum atomic E-state index is -4.93. The van der Waals surface area contributed by atoms with Crippen LogP contribution in [-0.4, -0.2) is 9.13 Å². The van der Waals surface area contributed by atoms with E-state index in [-0.39, 0.29) is 36.0 Å². The molecule has 0 saturated carbocycles. The first-order valence-corrected chi connectivity index (χ1v) is 8.69. The topological polar surface area (TPSA) is 57.1 Å². The smallest absolute Gasteiger partial charge is 0.431 e. The molecular weight excluding hydrogens is 460 g/mol. The second-order valence-electron chi connectivity index (χ2n) is 5.74. The molecule has 5 nitrogen and oxygen atoms in total. The average molecular weight is 470 g/mol. The third-order valence-electron chi connectivity index (χ3n) is 3.93. The third-order valence-corrected chi connectivity index (χ3v) is 4.69. The number of hydrogen-bond donors (Lipinski definition) is 0. The molecule has 1 atom stereocenters. The van der Waals surface area contributed by atoms with Gasteiger partial charge in [0.15, 0.2) is 11.4 Å². The number of furan rings is 1. The van der Waals surface area contributed by atoms with Gasteiger partial charge in [-0.05, 0) is 19.1 Å². The molecule has 11 heteroatoms. The van der Waals surface area contributed by atoms with Gasteiger partial charge in [-0.25, -0.2) is 13.8 Å². The lowest BCUT2D eigenvalue weighted by Gasteiger charge is -2.14. The maximum Gasteiger partial charge on any atom is 0.431 e. The second-order valence-corrected chi connectivity index (χ2v) is 7.52. The highest BCUT2D eigenvalue weighted by Crippen LogP contribution is 2.36. The Hall–Kier alpha value is -2.07. The zero-order valence-corrected chi connectivity index (χ0v) is 16.0. The quantitative estimate of drug-likeness (QED) is 0.409. The molecule has 0 spiro atoms. The molecule has 2 heterocycles. The first kappa shape index (κ1) is 19.7. The zero-order valence-electron chi connectivity index (χ0n) is 13.7. The van der Waals surface area contributed by atoms with Crippen molar-refractivity contribution in [1.82, 2.24) is 9.13 Å². The van der Waals surface area contributed by atoms with Crippen LogP contribution in [-0.2, 0) is 13.2 Å². The first-order chi connectivity index (χ1) is 12.4. The number of benzene rings is 1. The number of nitrogens with zero attached hydrogens (tertiary/aromatic N) is 2. The van der Waals surface area contributed by atoms with Crippen molar-refractivity contribution in [3.05, 3.63) is 61.3 Å². The van der Waals surface area contributed by atoms with Crippen LogP contribution in [0.25, 0.3) is 16.7 Å². The molecule has 1 unspecified atom stereocenters. The Labute approximate surface area is 161 Å². The van der Waals surface area contributed by atoms with Crippen LogP contribution >= 0.6 is 27.5 Å². The summed E-state index contributed by atoms with van der Waals surface area (Å²) in [6.45, 7) is 1.71. The van der Waals surface area contributed by atoms with E-state index in [1.165, 1.54) is 6.07 Å². The number of hydrogen-bond acceptors (Lipinski definition) is 3. The van der Waals surface area contributed by atoms with Gasteiger partial charge in [0.05, 0.1) is 9.85 Å². The van der Waals surface area contributed by atoms with Crippen LogP contribution in [0.3, 0.4) is 0 Å². The lowest BCUT2D eigenvalue weighted by molar-refractivity contribution is -0.144. The van der Waals surface area contributed by atoms with Crippen molar-refractivity contribution in [2.24, 2.45) is 7.05 Å². The summed E-state index contributed by atoms with van der Waals surface area (Å²) in [6.07, 6.45) is -4.93. The maximum absolute atomic E-state index is 14.6. The average Bonchev–Trinajstić information content (AvgIpc) is 2.98. The standard InChI is InChI=1S/C16H10BrClF4N2O3/c1-6(17)10-3-7-8(18)4-9(19)13(14(7)27-10)24-12(25)5-11(16(20,21)22)23(2)15(24)26/h3-6H,1-2H3. The Bertz CT molecular complexity index is 1180. The molecule has 2 aromatic heterocycles. The van der Waals surface area contributed by atoms with Gasteiger partial charge < -0.3 is 4.42 Å². The summed E-state index contributed by atoms with van der Waals surface area (Å²) in [7, 11) is 0.834. The van der Waals surface area contributed by atoms with E-state index in [1.54, 1.807) is 6.92 Å². The molecule has 0 aliphatic rings. The SMILES string of the molecule is CC(Br)c1cc2c(Cl)cc(F)c(-n3c(=O)cc(C(F)(F)F)n(C)c3=O)c2o1. The number of fused-ring (bicyclic) bond motifs is 1. The maximum atomic E-state index is 14.6. The fourth-order valence-corrected chi connectivity index (χ4v) is 3.10. The molecule has 0 fully saturated rings. The van der Waals surface area contributed by atoms with E-state index >= 15 is 0 Å². The number of halogens is 6. The van der Waals surface area contributed by atoms with Gasteiger partial charge in [0.1, 0.15) is 17.1 Å². The van der Waals surface area contributed by atoms with Gasteiger partial charge in [0.25, 0.3) is 5.56 Å². The first-order valence-electron chi connectivity index (χ1n) is 7.39. The van der Waals surface area contributed by atoms with Crippen molar-refractivity contribution in [2.45, 2.75) is 17.9 Å². The number of alkyl halides is 4. The summed E-state index contributed by atoms with van der Waals surface area (Å²) in [5, 5.41) is 0.175. The molecule has 0 aliphatic carbocycles. The summed E-state index contributed by atoms with van der Waals surface area (Å²) in [6, 6.07) is 2.57. The van der Waals surface area contributed by atoms with Crippen molar-refractivity contribution in [1.29, 1.82) is 0 Å². The van der Waals surface area contributed by atoms with Crippen molar-refractivity contribution in [2.75, 3.05) is 0 Å². The zero-order chi connectivity index (χ0) is 20.3. The van der Waals surface area contributed by atoms with Crippen molar-refractivity contribution in [3.63, 3.8) is 0 Å².